The summed E-state index contributed by atoms with van der Waals surface area (Å²) >= 11 is 0. The van der Waals surface area contributed by atoms with Crippen molar-refractivity contribution in [3.63, 3.8) is 0 Å². The molecule has 0 spiro atoms. The highest BCUT2D eigenvalue weighted by Crippen LogP contribution is 2.29. The van der Waals surface area contributed by atoms with Crippen molar-refractivity contribution < 1.29 is 8.42 Å². The van der Waals surface area contributed by atoms with Gasteiger partial charge in [-0.15, -0.1) is 0 Å². The summed E-state index contributed by atoms with van der Waals surface area (Å²) < 4.78 is 25.2. The Morgan fingerprint density at radius 3 is 2.37 bits per heavy atom. The van der Waals surface area contributed by atoms with E-state index in [1.165, 1.54) is 0 Å². The first-order valence-corrected chi connectivity index (χ1v) is 9.87. The first kappa shape index (κ1) is 18.7. The molecule has 0 saturated heterocycles. The molecule has 0 bridgehead atoms. The molecule has 1 N–H and O–H groups in total. The van der Waals surface area contributed by atoms with E-state index in [-0.39, 0.29) is 4.90 Å². The second-order valence-corrected chi connectivity index (χ2v) is 8.51. The van der Waals surface area contributed by atoms with E-state index in [0.29, 0.717) is 17.1 Å². The third-order valence-electron chi connectivity index (χ3n) is 3.86. The number of anilines is 1. The highest BCUT2D eigenvalue weighted by Gasteiger charge is 2.23. The van der Waals surface area contributed by atoms with Crippen molar-refractivity contribution in [1.29, 1.82) is 0 Å². The van der Waals surface area contributed by atoms with Gasteiger partial charge in [0.2, 0.25) is 5.95 Å². The largest absolute Gasteiger partial charge is 0.265 e. The van der Waals surface area contributed by atoms with E-state index in [1.807, 2.05) is 12.1 Å². The first-order chi connectivity index (χ1) is 13.0. The molecule has 27 heavy (non-hydrogen) atoms. The van der Waals surface area contributed by atoms with Crippen LogP contribution in [-0.4, -0.2) is 34.8 Å². The SMILES string of the molecule is CC(C)S(=O)(=O)c1ccccc1-c1cnc(NN=Cc2ccncc2)nc1. The fourth-order valence-electron chi connectivity index (χ4n) is 2.35. The number of hydrogen-bond acceptors (Lipinski definition) is 7. The number of hydrazone groups is 1. The Bertz CT molecular complexity index is 1030. The molecule has 0 atom stereocenters. The van der Waals surface area contributed by atoms with Crippen molar-refractivity contribution in [2.24, 2.45) is 5.10 Å². The number of aromatic nitrogens is 3. The average Bonchev–Trinajstić information content (AvgIpc) is 2.69. The van der Waals surface area contributed by atoms with Gasteiger partial charge >= 0.3 is 0 Å². The van der Waals surface area contributed by atoms with Gasteiger partial charge in [-0.1, -0.05) is 18.2 Å². The topological polar surface area (TPSA) is 97.2 Å². The Hall–Kier alpha value is -3.13. The Morgan fingerprint density at radius 2 is 1.70 bits per heavy atom. The number of nitrogens with one attached hydrogen (secondary N) is 1. The lowest BCUT2D eigenvalue weighted by molar-refractivity contribution is 0.587. The van der Waals surface area contributed by atoms with Crippen LogP contribution in [0.4, 0.5) is 5.95 Å². The molecule has 3 rings (SSSR count). The molecule has 0 amide bonds. The molecule has 0 aliphatic rings. The maximum Gasteiger partial charge on any atom is 0.243 e. The van der Waals surface area contributed by atoms with Crippen molar-refractivity contribution in [3.8, 4) is 11.1 Å². The minimum atomic E-state index is -3.41. The zero-order valence-electron chi connectivity index (χ0n) is 14.9. The molecule has 0 aliphatic carbocycles. The monoisotopic (exact) mass is 381 g/mol. The summed E-state index contributed by atoms with van der Waals surface area (Å²) in [7, 11) is -3.41. The number of sulfone groups is 1. The zero-order valence-corrected chi connectivity index (χ0v) is 15.8. The molecular formula is C19H19N5O2S. The van der Waals surface area contributed by atoms with Crippen LogP contribution in [0.2, 0.25) is 0 Å². The lowest BCUT2D eigenvalue weighted by atomic mass is 10.1. The number of pyridine rings is 1. The summed E-state index contributed by atoms with van der Waals surface area (Å²) in [5.74, 6) is 0.313. The van der Waals surface area contributed by atoms with Crippen LogP contribution < -0.4 is 5.43 Å². The second-order valence-electron chi connectivity index (χ2n) is 6.04. The molecule has 138 valence electrons. The van der Waals surface area contributed by atoms with Gasteiger partial charge < -0.3 is 0 Å². The highest BCUT2D eigenvalue weighted by molar-refractivity contribution is 7.92. The normalized spacial score (nSPS) is 11.8. The minimum Gasteiger partial charge on any atom is -0.265 e. The van der Waals surface area contributed by atoms with Crippen LogP contribution in [0.3, 0.4) is 0 Å². The Labute approximate surface area is 158 Å². The molecular weight excluding hydrogens is 362 g/mol. The van der Waals surface area contributed by atoms with Crippen LogP contribution in [0.25, 0.3) is 11.1 Å². The molecule has 0 fully saturated rings. The summed E-state index contributed by atoms with van der Waals surface area (Å²) in [6.07, 6.45) is 8.13. The molecule has 2 heterocycles. The lowest BCUT2D eigenvalue weighted by Crippen LogP contribution is -2.15. The zero-order chi connectivity index (χ0) is 19.3. The molecule has 2 aromatic heterocycles. The Kier molecular flexibility index (Phi) is 5.56. The van der Waals surface area contributed by atoms with E-state index in [1.54, 1.807) is 69.1 Å². The summed E-state index contributed by atoms with van der Waals surface area (Å²) in [6.45, 7) is 3.33. The molecule has 8 heteroatoms. The predicted octanol–water partition coefficient (Wildman–Crippen LogP) is 3.17. The van der Waals surface area contributed by atoms with Crippen LogP contribution >= 0.6 is 0 Å². The van der Waals surface area contributed by atoms with Gasteiger partial charge in [0.1, 0.15) is 0 Å². The van der Waals surface area contributed by atoms with Crippen molar-refractivity contribution >= 4 is 22.0 Å². The van der Waals surface area contributed by atoms with Gasteiger partial charge in [-0.05, 0) is 37.6 Å². The van der Waals surface area contributed by atoms with Crippen LogP contribution in [0.5, 0.6) is 0 Å². The second kappa shape index (κ2) is 8.05. The van der Waals surface area contributed by atoms with E-state index in [2.05, 4.69) is 25.5 Å². The van der Waals surface area contributed by atoms with Crippen LogP contribution in [0, 0.1) is 0 Å². The molecule has 7 nitrogen and oxygen atoms in total. The Balaban J connectivity index is 1.82. The summed E-state index contributed by atoms with van der Waals surface area (Å²) in [5, 5.41) is 3.56. The number of hydrogen-bond donors (Lipinski definition) is 1. The average molecular weight is 381 g/mol. The standard InChI is InChI=1S/C19H19N5O2S/c1-14(2)27(25,26)18-6-4-3-5-17(18)16-12-21-19(22-13-16)24-23-11-15-7-9-20-10-8-15/h3-14H,1-2H3,(H,21,22,24). The fourth-order valence-corrected chi connectivity index (χ4v) is 3.61. The molecule has 1 aromatic carbocycles. The molecule has 3 aromatic rings. The highest BCUT2D eigenvalue weighted by atomic mass is 32.2. The predicted molar refractivity (Wildman–Crippen MR) is 105 cm³/mol. The maximum absolute atomic E-state index is 12.6. The van der Waals surface area contributed by atoms with Gasteiger partial charge in [-0.25, -0.2) is 23.8 Å². The van der Waals surface area contributed by atoms with Crippen LogP contribution in [0.15, 0.2) is 71.2 Å². The quantitative estimate of drug-likeness (QED) is 0.520. The van der Waals surface area contributed by atoms with Crippen molar-refractivity contribution in [3.05, 3.63) is 66.7 Å². The first-order valence-electron chi connectivity index (χ1n) is 8.33. The Morgan fingerprint density at radius 1 is 1.04 bits per heavy atom. The molecule has 0 radical (unpaired) electrons. The van der Waals surface area contributed by atoms with Gasteiger partial charge in [0, 0.05) is 35.9 Å². The van der Waals surface area contributed by atoms with Crippen molar-refractivity contribution in [2.75, 3.05) is 5.43 Å². The number of rotatable bonds is 6. The van der Waals surface area contributed by atoms with E-state index in [0.717, 1.165) is 5.56 Å². The van der Waals surface area contributed by atoms with Crippen LogP contribution in [0.1, 0.15) is 19.4 Å². The van der Waals surface area contributed by atoms with Gasteiger partial charge in [0.05, 0.1) is 16.4 Å². The van der Waals surface area contributed by atoms with E-state index < -0.39 is 15.1 Å². The molecule has 0 aliphatic heterocycles. The van der Waals surface area contributed by atoms with E-state index in [4.69, 9.17) is 0 Å². The number of benzene rings is 1. The number of nitrogens with zero attached hydrogens (tertiary/aromatic N) is 4. The van der Waals surface area contributed by atoms with E-state index >= 15 is 0 Å². The third-order valence-corrected chi connectivity index (χ3v) is 6.07. The summed E-state index contributed by atoms with van der Waals surface area (Å²) in [4.78, 5) is 12.6. The van der Waals surface area contributed by atoms with Gasteiger partial charge in [-0.2, -0.15) is 5.10 Å². The van der Waals surface area contributed by atoms with Gasteiger partial charge in [0.25, 0.3) is 0 Å². The van der Waals surface area contributed by atoms with E-state index in [9.17, 15) is 8.42 Å². The van der Waals surface area contributed by atoms with Crippen molar-refractivity contribution in [1.82, 2.24) is 15.0 Å². The minimum absolute atomic E-state index is 0.278. The van der Waals surface area contributed by atoms with Gasteiger partial charge in [0.15, 0.2) is 9.84 Å². The van der Waals surface area contributed by atoms with Crippen molar-refractivity contribution in [2.45, 2.75) is 24.0 Å². The fraction of sp³-hybridized carbons (Fsp3) is 0.158. The van der Waals surface area contributed by atoms with Crippen LogP contribution in [-0.2, 0) is 9.84 Å². The third kappa shape index (κ3) is 4.35. The smallest absolute Gasteiger partial charge is 0.243 e. The van der Waals surface area contributed by atoms with Gasteiger partial charge in [-0.3, -0.25) is 4.98 Å². The lowest BCUT2D eigenvalue weighted by Gasteiger charge is -2.12. The molecule has 0 unspecified atom stereocenters. The maximum atomic E-state index is 12.6. The summed E-state index contributed by atoms with van der Waals surface area (Å²) in [6, 6.07) is 10.5. The summed E-state index contributed by atoms with van der Waals surface area (Å²) in [5.41, 5.74) is 4.84. The molecule has 0 saturated carbocycles.